The molecule has 0 aliphatic heterocycles. The fourth-order valence-electron chi connectivity index (χ4n) is 1.10. The van der Waals surface area contributed by atoms with Gasteiger partial charge in [-0.25, -0.2) is 0 Å². The summed E-state index contributed by atoms with van der Waals surface area (Å²) < 4.78 is 5.88. The summed E-state index contributed by atoms with van der Waals surface area (Å²) in [6.07, 6.45) is 1.10. The van der Waals surface area contributed by atoms with E-state index in [1.807, 2.05) is 0 Å². The minimum absolute atomic E-state index is 0.719. The monoisotopic (exact) mass is 279 g/mol. The van der Waals surface area contributed by atoms with E-state index >= 15 is 0 Å². The number of aromatic nitrogens is 2. The lowest BCUT2D eigenvalue weighted by atomic mass is 10.4. The maximum Gasteiger partial charge on any atom is 0.209 e. The van der Waals surface area contributed by atoms with Crippen molar-refractivity contribution in [3.05, 3.63) is 3.92 Å². The van der Waals surface area contributed by atoms with E-state index in [9.17, 15) is 0 Å². The van der Waals surface area contributed by atoms with Crippen LogP contribution in [0.3, 0.4) is 0 Å². The van der Waals surface area contributed by atoms with Crippen LogP contribution in [0.1, 0.15) is 13.3 Å². The molecule has 80 valence electrons. The number of ether oxygens (including phenoxy) is 1. The van der Waals surface area contributed by atoms with Gasteiger partial charge in [-0.3, -0.25) is 0 Å². The van der Waals surface area contributed by atoms with Gasteiger partial charge in [-0.15, -0.1) is 10.2 Å². The van der Waals surface area contributed by atoms with E-state index in [0.717, 1.165) is 35.2 Å². The molecule has 0 radical (unpaired) electrons. The second-order valence-corrected chi connectivity index (χ2v) is 5.05. The van der Waals surface area contributed by atoms with Crippen molar-refractivity contribution in [2.24, 2.45) is 0 Å². The van der Waals surface area contributed by atoms with Gasteiger partial charge in [0.2, 0.25) is 5.13 Å². The van der Waals surface area contributed by atoms with E-state index in [1.54, 1.807) is 18.4 Å². The Labute approximate surface area is 96.4 Å². The molecule has 0 amide bonds. The highest BCUT2D eigenvalue weighted by atomic mass is 79.9. The third kappa shape index (κ3) is 3.51. The van der Waals surface area contributed by atoms with E-state index in [1.165, 1.54) is 0 Å². The topological polar surface area (TPSA) is 38.2 Å². The fourth-order valence-corrected chi connectivity index (χ4v) is 2.24. The van der Waals surface area contributed by atoms with Gasteiger partial charge < -0.3 is 9.64 Å². The molecule has 4 nitrogen and oxygen atoms in total. The molecule has 0 N–H and O–H groups in total. The summed E-state index contributed by atoms with van der Waals surface area (Å²) in [5.74, 6) is 0. The van der Waals surface area contributed by atoms with Crippen molar-refractivity contribution >= 4 is 32.4 Å². The zero-order valence-corrected chi connectivity index (χ0v) is 10.8. The molecule has 0 aromatic carbocycles. The summed E-state index contributed by atoms with van der Waals surface area (Å²) in [6, 6.07) is 0. The average Bonchev–Trinajstić information content (AvgIpc) is 2.59. The van der Waals surface area contributed by atoms with Crippen LogP contribution in [0.5, 0.6) is 0 Å². The van der Waals surface area contributed by atoms with Crippen molar-refractivity contribution in [1.29, 1.82) is 0 Å². The van der Waals surface area contributed by atoms with Gasteiger partial charge in [-0.05, 0) is 22.4 Å². The second kappa shape index (κ2) is 6.31. The molecular weight excluding hydrogens is 266 g/mol. The van der Waals surface area contributed by atoms with Gasteiger partial charge in [0.15, 0.2) is 3.92 Å². The first kappa shape index (κ1) is 11.9. The molecule has 0 atom stereocenters. The molecule has 1 aromatic heterocycles. The number of methoxy groups -OCH3 is 1. The van der Waals surface area contributed by atoms with Crippen LogP contribution in [-0.2, 0) is 4.74 Å². The van der Waals surface area contributed by atoms with E-state index in [-0.39, 0.29) is 0 Å². The van der Waals surface area contributed by atoms with E-state index < -0.39 is 0 Å². The van der Waals surface area contributed by atoms with Gasteiger partial charge >= 0.3 is 0 Å². The van der Waals surface area contributed by atoms with Gasteiger partial charge in [-0.2, -0.15) is 0 Å². The molecule has 0 bridgehead atoms. The van der Waals surface area contributed by atoms with Gasteiger partial charge in [-0.1, -0.05) is 18.3 Å². The summed E-state index contributed by atoms with van der Waals surface area (Å²) >= 11 is 4.86. The Kier molecular flexibility index (Phi) is 5.36. The van der Waals surface area contributed by atoms with Gasteiger partial charge in [0, 0.05) is 20.2 Å². The maximum atomic E-state index is 5.05. The number of nitrogens with zero attached hydrogens (tertiary/aromatic N) is 3. The van der Waals surface area contributed by atoms with Crippen LogP contribution in [-0.4, -0.2) is 37.0 Å². The minimum Gasteiger partial charge on any atom is -0.383 e. The molecule has 1 aromatic rings. The van der Waals surface area contributed by atoms with Crippen molar-refractivity contribution in [2.45, 2.75) is 13.3 Å². The Morgan fingerprint density at radius 3 is 2.71 bits per heavy atom. The first-order valence-corrected chi connectivity index (χ1v) is 6.11. The molecule has 6 heteroatoms. The molecule has 0 spiro atoms. The number of rotatable bonds is 6. The highest BCUT2D eigenvalue weighted by molar-refractivity contribution is 9.11. The zero-order chi connectivity index (χ0) is 10.4. The lowest BCUT2D eigenvalue weighted by molar-refractivity contribution is 0.205. The van der Waals surface area contributed by atoms with Gasteiger partial charge in [0.1, 0.15) is 0 Å². The number of halogens is 1. The fraction of sp³-hybridized carbons (Fsp3) is 0.750. The molecule has 0 aliphatic rings. The highest BCUT2D eigenvalue weighted by Crippen LogP contribution is 2.23. The van der Waals surface area contributed by atoms with E-state index in [4.69, 9.17) is 4.74 Å². The highest BCUT2D eigenvalue weighted by Gasteiger charge is 2.10. The largest absolute Gasteiger partial charge is 0.383 e. The van der Waals surface area contributed by atoms with Crippen molar-refractivity contribution < 1.29 is 4.74 Å². The third-order valence-electron chi connectivity index (χ3n) is 1.72. The summed E-state index contributed by atoms with van der Waals surface area (Å²) in [4.78, 5) is 2.19. The molecule has 0 fully saturated rings. The van der Waals surface area contributed by atoms with Crippen molar-refractivity contribution in [3.63, 3.8) is 0 Å². The summed E-state index contributed by atoms with van der Waals surface area (Å²) in [5, 5.41) is 8.96. The predicted molar refractivity (Wildman–Crippen MR) is 62.0 cm³/mol. The SMILES string of the molecule is CCCN(CCOC)c1nnc(Br)s1. The Balaban J connectivity index is 2.57. The molecular formula is C8H14BrN3OS. The van der Waals surface area contributed by atoms with E-state index in [2.05, 4.69) is 38.0 Å². The predicted octanol–water partition coefficient (Wildman–Crippen LogP) is 2.16. The summed E-state index contributed by atoms with van der Waals surface area (Å²) in [6.45, 7) is 4.73. The summed E-state index contributed by atoms with van der Waals surface area (Å²) in [7, 11) is 1.71. The van der Waals surface area contributed by atoms with E-state index in [0.29, 0.717) is 0 Å². The quantitative estimate of drug-likeness (QED) is 0.800. The summed E-state index contributed by atoms with van der Waals surface area (Å²) in [5.41, 5.74) is 0. The van der Waals surface area contributed by atoms with Crippen molar-refractivity contribution in [3.8, 4) is 0 Å². The van der Waals surface area contributed by atoms with Crippen LogP contribution in [0, 0.1) is 0 Å². The first-order chi connectivity index (χ1) is 6.77. The van der Waals surface area contributed by atoms with Crippen LogP contribution in [0.2, 0.25) is 0 Å². The lowest BCUT2D eigenvalue weighted by Gasteiger charge is -2.19. The molecule has 14 heavy (non-hydrogen) atoms. The first-order valence-electron chi connectivity index (χ1n) is 4.50. The van der Waals surface area contributed by atoms with Gasteiger partial charge in [0.25, 0.3) is 0 Å². The Bertz CT molecular complexity index is 269. The Morgan fingerprint density at radius 1 is 1.43 bits per heavy atom. The van der Waals surface area contributed by atoms with Crippen LogP contribution in [0.15, 0.2) is 3.92 Å². The minimum atomic E-state index is 0.719. The Morgan fingerprint density at radius 2 is 2.21 bits per heavy atom. The molecule has 0 aliphatic carbocycles. The van der Waals surface area contributed by atoms with Crippen molar-refractivity contribution in [2.75, 3.05) is 31.7 Å². The normalized spacial score (nSPS) is 10.5. The van der Waals surface area contributed by atoms with Crippen LogP contribution >= 0.6 is 27.3 Å². The van der Waals surface area contributed by atoms with Crippen LogP contribution in [0.4, 0.5) is 5.13 Å². The van der Waals surface area contributed by atoms with Crippen LogP contribution in [0.25, 0.3) is 0 Å². The number of hydrogen-bond acceptors (Lipinski definition) is 5. The molecule has 1 rings (SSSR count). The second-order valence-electron chi connectivity index (χ2n) is 2.82. The Hall–Kier alpha value is -0.200. The zero-order valence-electron chi connectivity index (χ0n) is 8.36. The third-order valence-corrected chi connectivity index (χ3v) is 3.14. The molecule has 0 saturated heterocycles. The van der Waals surface area contributed by atoms with Crippen LogP contribution < -0.4 is 4.90 Å². The average molecular weight is 280 g/mol. The molecule has 0 unspecified atom stereocenters. The van der Waals surface area contributed by atoms with Crippen molar-refractivity contribution in [1.82, 2.24) is 10.2 Å². The molecule has 0 saturated carbocycles. The molecule has 1 heterocycles. The lowest BCUT2D eigenvalue weighted by Crippen LogP contribution is -2.27. The van der Waals surface area contributed by atoms with Gasteiger partial charge in [0.05, 0.1) is 6.61 Å². The number of hydrogen-bond donors (Lipinski definition) is 0. The smallest absolute Gasteiger partial charge is 0.209 e. The maximum absolute atomic E-state index is 5.05. The standard InChI is InChI=1S/C8H14BrN3OS/c1-3-4-12(5-6-13-2)8-11-10-7(9)14-8/h3-6H2,1-2H3. The number of anilines is 1.